The van der Waals surface area contributed by atoms with Crippen LogP contribution in [-0.2, 0) is 27.4 Å². The molecule has 2 amide bonds. The molecule has 2 N–H and O–H groups in total. The average Bonchev–Trinajstić information content (AvgIpc) is 3.60. The van der Waals surface area contributed by atoms with E-state index in [-0.39, 0.29) is 17.9 Å². The summed E-state index contributed by atoms with van der Waals surface area (Å²) in [6, 6.07) is 5.23. The SMILES string of the molecule is CC(C)(C)OC(=O)N1Cc2nc(-c3ccc(NC=O)cc3F)nc(N3CCOCC3)c2C1.CNC1CC1. The van der Waals surface area contributed by atoms with Crippen LogP contribution < -0.4 is 15.5 Å². The predicted molar refractivity (Wildman–Crippen MR) is 138 cm³/mol. The summed E-state index contributed by atoms with van der Waals surface area (Å²) in [5, 5.41) is 5.57. The lowest BCUT2D eigenvalue weighted by atomic mass is 10.1. The lowest BCUT2D eigenvalue weighted by molar-refractivity contribution is -0.105. The van der Waals surface area contributed by atoms with Gasteiger partial charge >= 0.3 is 6.09 Å². The van der Waals surface area contributed by atoms with Crippen molar-refractivity contribution in [1.82, 2.24) is 20.2 Å². The maximum atomic E-state index is 14.8. The van der Waals surface area contributed by atoms with Gasteiger partial charge in [0.25, 0.3) is 0 Å². The first kappa shape index (κ1) is 26.7. The highest BCUT2D eigenvalue weighted by molar-refractivity contribution is 5.74. The van der Waals surface area contributed by atoms with E-state index in [4.69, 9.17) is 14.5 Å². The van der Waals surface area contributed by atoms with E-state index < -0.39 is 17.5 Å². The minimum Gasteiger partial charge on any atom is -0.444 e. The third kappa shape index (κ3) is 6.92. The van der Waals surface area contributed by atoms with Gasteiger partial charge in [-0.1, -0.05) is 0 Å². The largest absolute Gasteiger partial charge is 0.444 e. The van der Waals surface area contributed by atoms with E-state index in [1.54, 1.807) is 11.0 Å². The second-order valence-corrected chi connectivity index (χ2v) is 10.3. The summed E-state index contributed by atoms with van der Waals surface area (Å²) in [5.74, 6) is 0.354. The van der Waals surface area contributed by atoms with Gasteiger partial charge in [-0.2, -0.15) is 0 Å². The van der Waals surface area contributed by atoms with Crippen LogP contribution in [0.4, 0.5) is 20.7 Å². The zero-order chi connectivity index (χ0) is 26.6. The van der Waals surface area contributed by atoms with Crippen LogP contribution in [0.25, 0.3) is 11.4 Å². The molecule has 1 aromatic heterocycles. The summed E-state index contributed by atoms with van der Waals surface area (Å²) < 4.78 is 25.8. The van der Waals surface area contributed by atoms with Gasteiger partial charge in [0.2, 0.25) is 6.41 Å². The number of halogens is 1. The minimum absolute atomic E-state index is 0.217. The molecule has 2 aliphatic heterocycles. The van der Waals surface area contributed by atoms with E-state index in [0.29, 0.717) is 56.5 Å². The summed E-state index contributed by atoms with van der Waals surface area (Å²) in [5.41, 5.74) is 1.44. The third-order valence-corrected chi connectivity index (χ3v) is 6.14. The molecule has 3 heterocycles. The number of amides is 2. The summed E-state index contributed by atoms with van der Waals surface area (Å²) in [4.78, 5) is 36.2. The van der Waals surface area contributed by atoms with Crippen molar-refractivity contribution in [1.29, 1.82) is 0 Å². The quantitative estimate of drug-likeness (QED) is 0.585. The second-order valence-electron chi connectivity index (χ2n) is 10.3. The number of ether oxygens (including phenoxy) is 2. The first-order chi connectivity index (χ1) is 17.7. The minimum atomic E-state index is -0.615. The van der Waals surface area contributed by atoms with Crippen molar-refractivity contribution in [2.24, 2.45) is 0 Å². The van der Waals surface area contributed by atoms with Gasteiger partial charge in [-0.15, -0.1) is 0 Å². The van der Waals surface area contributed by atoms with Crippen molar-refractivity contribution < 1.29 is 23.5 Å². The van der Waals surface area contributed by atoms with E-state index in [1.807, 2.05) is 27.8 Å². The molecule has 0 spiro atoms. The molecule has 0 atom stereocenters. The van der Waals surface area contributed by atoms with Gasteiger partial charge in [-0.05, 0) is 58.9 Å². The van der Waals surface area contributed by atoms with E-state index in [2.05, 4.69) is 20.5 Å². The Kier molecular flexibility index (Phi) is 8.23. The van der Waals surface area contributed by atoms with Crippen LogP contribution >= 0.6 is 0 Å². The summed E-state index contributed by atoms with van der Waals surface area (Å²) >= 11 is 0. The van der Waals surface area contributed by atoms with Gasteiger partial charge in [-0.3, -0.25) is 9.69 Å². The lowest BCUT2D eigenvalue weighted by Gasteiger charge is -2.29. The maximum Gasteiger partial charge on any atom is 0.410 e. The number of fused-ring (bicyclic) bond motifs is 1. The molecule has 0 unspecified atom stereocenters. The van der Waals surface area contributed by atoms with Crippen molar-refractivity contribution in [3.05, 3.63) is 35.3 Å². The van der Waals surface area contributed by atoms with Gasteiger partial charge in [0.1, 0.15) is 17.2 Å². The fraction of sp³-hybridized carbons (Fsp3) is 0.538. The molecule has 0 radical (unpaired) electrons. The number of carbonyl (C=O) groups is 2. The van der Waals surface area contributed by atoms with E-state index >= 15 is 0 Å². The Balaban J connectivity index is 0.000000572. The lowest BCUT2D eigenvalue weighted by Crippen LogP contribution is -2.38. The van der Waals surface area contributed by atoms with Crippen LogP contribution in [0.1, 0.15) is 44.9 Å². The highest BCUT2D eigenvalue weighted by Crippen LogP contribution is 2.34. The molecular formula is C26H35FN6O4. The van der Waals surface area contributed by atoms with Crippen molar-refractivity contribution in [3.63, 3.8) is 0 Å². The molecule has 200 valence electrons. The fourth-order valence-electron chi connectivity index (χ4n) is 4.08. The van der Waals surface area contributed by atoms with Crippen molar-refractivity contribution in [2.45, 2.75) is 58.3 Å². The van der Waals surface area contributed by atoms with Gasteiger partial charge in [0.05, 0.1) is 37.6 Å². The van der Waals surface area contributed by atoms with Crippen molar-refractivity contribution >= 4 is 24.0 Å². The number of nitrogens with one attached hydrogen (secondary N) is 2. The number of morpholine rings is 1. The van der Waals surface area contributed by atoms with Crippen LogP contribution in [0.15, 0.2) is 18.2 Å². The molecule has 2 aromatic rings. The molecular weight excluding hydrogens is 479 g/mol. The molecule has 0 bridgehead atoms. The van der Waals surface area contributed by atoms with Crippen LogP contribution in [0.5, 0.6) is 0 Å². The van der Waals surface area contributed by atoms with E-state index in [9.17, 15) is 14.0 Å². The third-order valence-electron chi connectivity index (χ3n) is 6.14. The summed E-state index contributed by atoms with van der Waals surface area (Å²) in [6.45, 7) is 8.42. The number of nitrogens with zero attached hydrogens (tertiary/aromatic N) is 4. The zero-order valence-electron chi connectivity index (χ0n) is 21.8. The first-order valence-corrected chi connectivity index (χ1v) is 12.6. The zero-order valence-corrected chi connectivity index (χ0v) is 21.8. The molecule has 1 saturated carbocycles. The van der Waals surface area contributed by atoms with Crippen molar-refractivity contribution in [3.8, 4) is 11.4 Å². The normalized spacial score (nSPS) is 17.0. The maximum absolute atomic E-state index is 14.8. The highest BCUT2D eigenvalue weighted by Gasteiger charge is 2.33. The molecule has 1 aromatic carbocycles. The summed E-state index contributed by atoms with van der Waals surface area (Å²) in [6.07, 6.45) is 2.86. The number of anilines is 2. The molecule has 3 aliphatic rings. The highest BCUT2D eigenvalue weighted by atomic mass is 19.1. The number of hydrogen-bond acceptors (Lipinski definition) is 8. The Labute approximate surface area is 216 Å². The van der Waals surface area contributed by atoms with Crippen LogP contribution in [0, 0.1) is 5.82 Å². The smallest absolute Gasteiger partial charge is 0.410 e. The Bertz CT molecular complexity index is 1130. The Hall–Kier alpha value is -3.31. The van der Waals surface area contributed by atoms with Gasteiger partial charge in [0, 0.05) is 30.4 Å². The number of hydrogen-bond donors (Lipinski definition) is 2. The van der Waals surface area contributed by atoms with Crippen LogP contribution in [0.2, 0.25) is 0 Å². The first-order valence-electron chi connectivity index (χ1n) is 12.6. The second kappa shape index (κ2) is 11.4. The summed E-state index contributed by atoms with van der Waals surface area (Å²) in [7, 11) is 2.01. The number of benzene rings is 1. The molecule has 1 aliphatic carbocycles. The molecule has 10 nitrogen and oxygen atoms in total. The predicted octanol–water partition coefficient (Wildman–Crippen LogP) is 3.31. The number of aromatic nitrogens is 2. The fourth-order valence-corrected chi connectivity index (χ4v) is 4.08. The van der Waals surface area contributed by atoms with E-state index in [0.717, 1.165) is 11.6 Å². The van der Waals surface area contributed by atoms with Crippen molar-refractivity contribution in [2.75, 3.05) is 43.6 Å². The molecule has 5 rings (SSSR count). The average molecular weight is 515 g/mol. The van der Waals surface area contributed by atoms with Gasteiger partial charge < -0.3 is 25.0 Å². The van der Waals surface area contributed by atoms with E-state index in [1.165, 1.54) is 25.0 Å². The molecule has 11 heteroatoms. The Morgan fingerprint density at radius 2 is 1.92 bits per heavy atom. The number of carbonyl (C=O) groups excluding carboxylic acids is 2. The van der Waals surface area contributed by atoms with Crippen LogP contribution in [-0.4, -0.2) is 72.4 Å². The van der Waals surface area contributed by atoms with Gasteiger partial charge in [-0.25, -0.2) is 19.2 Å². The number of rotatable bonds is 5. The van der Waals surface area contributed by atoms with Gasteiger partial charge in [0.15, 0.2) is 5.82 Å². The molecule has 1 saturated heterocycles. The molecule has 37 heavy (non-hydrogen) atoms. The topological polar surface area (TPSA) is 109 Å². The standard InChI is InChI=1S/C22H26FN5O4.C4H9N/c1-22(2,3)32-21(30)28-11-16-18(12-28)25-19(26-20(16)27-6-8-31-9-7-27)15-5-4-14(24-13-29)10-17(15)23;1-5-4-2-3-4/h4-5,10,13H,6-9,11-12H2,1-3H3,(H,24,29);4-5H,2-3H2,1H3. The Morgan fingerprint density at radius 3 is 2.49 bits per heavy atom. The Morgan fingerprint density at radius 1 is 1.19 bits per heavy atom. The van der Waals surface area contributed by atoms with Crippen LogP contribution in [0.3, 0.4) is 0 Å². The monoisotopic (exact) mass is 514 g/mol. The molecule has 2 fully saturated rings.